The van der Waals surface area contributed by atoms with Crippen molar-refractivity contribution in [1.82, 2.24) is 0 Å². The van der Waals surface area contributed by atoms with Crippen LogP contribution in [0.15, 0.2) is 70.5 Å². The second-order valence-corrected chi connectivity index (χ2v) is 7.71. The Balaban J connectivity index is 1.68. The molecule has 0 unspecified atom stereocenters. The molecule has 0 saturated carbocycles. The fraction of sp³-hybridized carbons (Fsp3) is 0.150. The number of hydrogen-bond donors (Lipinski definition) is 2. The van der Waals surface area contributed by atoms with E-state index in [-0.39, 0.29) is 11.9 Å². The largest absolute Gasteiger partial charge is 0.328 e. The molecule has 5 heteroatoms. The molecule has 0 fully saturated rings. The van der Waals surface area contributed by atoms with E-state index in [1.54, 1.807) is 11.3 Å². The van der Waals surface area contributed by atoms with E-state index in [4.69, 9.17) is 0 Å². The fourth-order valence-corrected chi connectivity index (χ4v) is 4.14. The van der Waals surface area contributed by atoms with Gasteiger partial charge >= 0.3 is 0 Å². The smallest absolute Gasteiger partial charge is 0.279 e. The maximum Gasteiger partial charge on any atom is 0.279 e. The first-order chi connectivity index (χ1) is 12.1. The van der Waals surface area contributed by atoms with Gasteiger partial charge in [0.25, 0.3) is 5.91 Å². The minimum absolute atomic E-state index is 0.0120. The number of hydrogen-bond acceptors (Lipinski definition) is 2. The lowest BCUT2D eigenvalue weighted by Crippen LogP contribution is -2.87. The van der Waals surface area contributed by atoms with Crippen LogP contribution in [0.1, 0.15) is 22.0 Å². The minimum atomic E-state index is -0.0120. The Morgan fingerprint density at radius 2 is 1.96 bits per heavy atom. The van der Waals surface area contributed by atoms with Crippen molar-refractivity contribution >= 4 is 38.9 Å². The molecule has 1 aromatic heterocycles. The summed E-state index contributed by atoms with van der Waals surface area (Å²) >= 11 is 5.22. The van der Waals surface area contributed by atoms with Crippen molar-refractivity contribution in [3.8, 4) is 0 Å². The Hall–Kier alpha value is -1.95. The molecule has 1 heterocycles. The minimum Gasteiger partial charge on any atom is -0.328 e. The zero-order chi connectivity index (χ0) is 17.6. The van der Waals surface area contributed by atoms with Crippen LogP contribution in [-0.2, 0) is 4.79 Å². The van der Waals surface area contributed by atoms with E-state index in [0.717, 1.165) is 15.7 Å². The normalized spacial score (nSPS) is 11.9. The highest BCUT2D eigenvalue weighted by molar-refractivity contribution is 9.10. The van der Waals surface area contributed by atoms with Crippen LogP contribution in [0.2, 0.25) is 0 Å². The average molecular weight is 416 g/mol. The zero-order valence-electron chi connectivity index (χ0n) is 13.9. The summed E-state index contributed by atoms with van der Waals surface area (Å²) in [5, 5.41) is 7.13. The maximum atomic E-state index is 12.4. The monoisotopic (exact) mass is 415 g/mol. The summed E-state index contributed by atoms with van der Waals surface area (Å²) in [5.74, 6) is -0.0120. The second kappa shape index (κ2) is 8.43. The quantitative estimate of drug-likeness (QED) is 0.624. The van der Waals surface area contributed by atoms with Gasteiger partial charge in [0.2, 0.25) is 0 Å². The average Bonchev–Trinajstić information content (AvgIpc) is 3.13. The van der Waals surface area contributed by atoms with Crippen LogP contribution in [0, 0.1) is 6.92 Å². The molecule has 3 nitrogen and oxygen atoms in total. The van der Waals surface area contributed by atoms with Gasteiger partial charge in [-0.3, -0.25) is 4.79 Å². The lowest BCUT2D eigenvalue weighted by Gasteiger charge is -2.15. The van der Waals surface area contributed by atoms with E-state index in [1.807, 2.05) is 49.4 Å². The highest BCUT2D eigenvalue weighted by Crippen LogP contribution is 2.24. The molecule has 0 aliphatic heterocycles. The van der Waals surface area contributed by atoms with E-state index >= 15 is 0 Å². The summed E-state index contributed by atoms with van der Waals surface area (Å²) in [4.78, 5) is 13.6. The van der Waals surface area contributed by atoms with Gasteiger partial charge in [-0.25, -0.2) is 0 Å². The number of benzene rings is 2. The molecule has 3 aromatic rings. The molecular weight excluding hydrogens is 396 g/mol. The molecule has 0 spiro atoms. The van der Waals surface area contributed by atoms with E-state index in [0.29, 0.717) is 6.54 Å². The van der Waals surface area contributed by atoms with Crippen molar-refractivity contribution in [2.24, 2.45) is 0 Å². The predicted molar refractivity (Wildman–Crippen MR) is 107 cm³/mol. The van der Waals surface area contributed by atoms with Crippen molar-refractivity contribution in [1.29, 1.82) is 0 Å². The zero-order valence-corrected chi connectivity index (χ0v) is 16.3. The number of nitrogens with two attached hydrogens (primary N) is 1. The number of halogens is 1. The summed E-state index contributed by atoms with van der Waals surface area (Å²) in [5.41, 5.74) is 3.16. The molecule has 0 bridgehead atoms. The number of carbonyl (C=O) groups excluding carboxylic acids is 1. The van der Waals surface area contributed by atoms with E-state index in [1.165, 1.54) is 10.4 Å². The van der Waals surface area contributed by atoms with Crippen molar-refractivity contribution in [3.05, 3.63) is 86.5 Å². The number of rotatable bonds is 6. The first kappa shape index (κ1) is 17.9. The summed E-state index contributed by atoms with van der Waals surface area (Å²) < 4.78 is 0.902. The van der Waals surface area contributed by atoms with Gasteiger partial charge in [-0.15, -0.1) is 11.3 Å². The number of nitrogens with one attached hydrogen (secondary N) is 1. The third-order valence-electron chi connectivity index (χ3n) is 3.95. The van der Waals surface area contributed by atoms with Crippen molar-refractivity contribution in [3.63, 3.8) is 0 Å². The van der Waals surface area contributed by atoms with Crippen molar-refractivity contribution < 1.29 is 10.1 Å². The van der Waals surface area contributed by atoms with Gasteiger partial charge in [-0.1, -0.05) is 42.5 Å². The van der Waals surface area contributed by atoms with E-state index < -0.39 is 0 Å². The lowest BCUT2D eigenvalue weighted by atomic mass is 10.1. The Morgan fingerprint density at radius 1 is 1.16 bits per heavy atom. The molecule has 3 N–H and O–H groups in total. The second-order valence-electron chi connectivity index (χ2n) is 5.88. The molecular formula is C20H20BrN2OS+. The molecule has 128 valence electrons. The Bertz CT molecular complexity index is 834. The molecule has 0 saturated heterocycles. The summed E-state index contributed by atoms with van der Waals surface area (Å²) in [7, 11) is 0. The summed E-state index contributed by atoms with van der Waals surface area (Å²) in [6.45, 7) is 2.38. The SMILES string of the molecule is Cc1ccc(NC(=O)C[NH2+][C@H](c2ccccc2)c2cccs2)c(Br)c1. The Morgan fingerprint density at radius 3 is 2.64 bits per heavy atom. The number of anilines is 1. The van der Waals surface area contributed by atoms with Gasteiger partial charge < -0.3 is 10.6 Å². The number of carbonyl (C=O) groups is 1. The van der Waals surface area contributed by atoms with Crippen LogP contribution < -0.4 is 10.6 Å². The number of amides is 1. The van der Waals surface area contributed by atoms with Crippen LogP contribution in [0.5, 0.6) is 0 Å². The molecule has 1 amide bonds. The van der Waals surface area contributed by atoms with Gasteiger partial charge in [0.1, 0.15) is 6.04 Å². The summed E-state index contributed by atoms with van der Waals surface area (Å²) in [6.07, 6.45) is 0. The number of thiophene rings is 1. The topological polar surface area (TPSA) is 45.7 Å². The van der Waals surface area contributed by atoms with E-state index in [2.05, 4.69) is 50.1 Å². The van der Waals surface area contributed by atoms with Crippen molar-refractivity contribution in [2.75, 3.05) is 11.9 Å². The van der Waals surface area contributed by atoms with Crippen LogP contribution in [0.4, 0.5) is 5.69 Å². The molecule has 1 atom stereocenters. The highest BCUT2D eigenvalue weighted by Gasteiger charge is 2.20. The third-order valence-corrected chi connectivity index (χ3v) is 5.56. The summed E-state index contributed by atoms with van der Waals surface area (Å²) in [6, 6.07) is 20.5. The third kappa shape index (κ3) is 4.78. The van der Waals surface area contributed by atoms with Crippen LogP contribution >= 0.6 is 27.3 Å². The first-order valence-corrected chi connectivity index (χ1v) is 9.78. The Kier molecular flexibility index (Phi) is 6.02. The molecule has 0 aliphatic carbocycles. The molecule has 0 aliphatic rings. The van der Waals surface area contributed by atoms with Crippen LogP contribution in [0.25, 0.3) is 0 Å². The van der Waals surface area contributed by atoms with E-state index in [9.17, 15) is 4.79 Å². The fourth-order valence-electron chi connectivity index (χ4n) is 2.69. The van der Waals surface area contributed by atoms with Gasteiger partial charge in [-0.2, -0.15) is 0 Å². The highest BCUT2D eigenvalue weighted by atomic mass is 79.9. The molecule has 0 radical (unpaired) electrons. The van der Waals surface area contributed by atoms with Gasteiger partial charge in [0.15, 0.2) is 6.54 Å². The molecule has 3 rings (SSSR count). The van der Waals surface area contributed by atoms with Crippen LogP contribution in [-0.4, -0.2) is 12.5 Å². The molecule has 25 heavy (non-hydrogen) atoms. The predicted octanol–water partition coefficient (Wildman–Crippen LogP) is 4.11. The number of aryl methyl sites for hydroxylation is 1. The Labute approximate surface area is 160 Å². The molecule has 2 aromatic carbocycles. The maximum absolute atomic E-state index is 12.4. The van der Waals surface area contributed by atoms with Gasteiger partial charge in [0, 0.05) is 10.0 Å². The lowest BCUT2D eigenvalue weighted by molar-refractivity contribution is -0.675. The number of quaternary nitrogens is 1. The van der Waals surface area contributed by atoms with Gasteiger partial charge in [0.05, 0.1) is 10.6 Å². The standard InChI is InChI=1S/C20H19BrN2OS/c1-14-9-10-17(16(21)12-14)23-19(24)13-22-20(18-8-5-11-25-18)15-6-3-2-4-7-15/h2-12,20,22H,13H2,1H3,(H,23,24)/p+1/t20-/m1/s1. The van der Waals surface area contributed by atoms with Gasteiger partial charge in [-0.05, 0) is 52.0 Å². The van der Waals surface area contributed by atoms with Crippen LogP contribution in [0.3, 0.4) is 0 Å². The first-order valence-electron chi connectivity index (χ1n) is 8.11. The van der Waals surface area contributed by atoms with Crippen molar-refractivity contribution in [2.45, 2.75) is 13.0 Å².